The van der Waals surface area contributed by atoms with E-state index in [2.05, 4.69) is 22.3 Å². The van der Waals surface area contributed by atoms with Crippen LogP contribution in [0.5, 0.6) is 0 Å². The average molecular weight is 548 g/mol. The molecule has 0 spiro atoms. The van der Waals surface area contributed by atoms with Crippen molar-refractivity contribution in [3.05, 3.63) is 106 Å². The highest BCUT2D eigenvalue weighted by molar-refractivity contribution is 6.34. The van der Waals surface area contributed by atoms with Gasteiger partial charge in [0.25, 0.3) is 11.8 Å². The molecule has 0 saturated carbocycles. The summed E-state index contributed by atoms with van der Waals surface area (Å²) in [5.74, 6) is -0.422. The second kappa shape index (κ2) is 11.0. The number of halogens is 2. The van der Waals surface area contributed by atoms with Crippen LogP contribution in [0, 0.1) is 0 Å². The first-order valence-corrected chi connectivity index (χ1v) is 13.2. The molecule has 1 unspecified atom stereocenters. The van der Waals surface area contributed by atoms with E-state index in [0.29, 0.717) is 39.8 Å². The highest BCUT2D eigenvalue weighted by Gasteiger charge is 2.39. The summed E-state index contributed by atoms with van der Waals surface area (Å²) in [7, 11) is 0. The number of fused-ring (bicyclic) bond motifs is 1. The summed E-state index contributed by atoms with van der Waals surface area (Å²) in [5.41, 5.74) is 2.95. The largest absolute Gasteiger partial charge is 0.322 e. The van der Waals surface area contributed by atoms with E-state index >= 15 is 0 Å². The van der Waals surface area contributed by atoms with Gasteiger partial charge < -0.3 is 10.2 Å². The van der Waals surface area contributed by atoms with E-state index < -0.39 is 5.54 Å². The number of anilines is 2. The van der Waals surface area contributed by atoms with E-state index in [1.807, 2.05) is 23.1 Å². The molecule has 1 aliphatic heterocycles. The first-order chi connectivity index (χ1) is 18.3. The fraction of sp³-hybridized carbons (Fsp3) is 0.241. The highest BCUT2D eigenvalue weighted by Crippen LogP contribution is 2.40. The molecule has 0 aliphatic carbocycles. The minimum Gasteiger partial charge on any atom is -0.322 e. The van der Waals surface area contributed by atoms with Crippen molar-refractivity contribution in [2.24, 2.45) is 0 Å². The minimum atomic E-state index is -0.459. The molecule has 2 amide bonds. The van der Waals surface area contributed by atoms with E-state index in [-0.39, 0.29) is 11.8 Å². The van der Waals surface area contributed by atoms with Gasteiger partial charge in [0.05, 0.1) is 10.6 Å². The third-order valence-electron chi connectivity index (χ3n) is 7.04. The van der Waals surface area contributed by atoms with Crippen LogP contribution in [0.4, 0.5) is 11.4 Å². The van der Waals surface area contributed by atoms with Gasteiger partial charge in [0, 0.05) is 34.0 Å². The van der Waals surface area contributed by atoms with Gasteiger partial charge in [-0.05, 0) is 92.8 Å². The topological polar surface area (TPSA) is 80.1 Å². The predicted octanol–water partition coefficient (Wildman–Crippen LogP) is 6.67. The molecule has 0 fully saturated rings. The number of amides is 2. The van der Waals surface area contributed by atoms with Crippen LogP contribution in [-0.4, -0.2) is 32.1 Å². The smallest absolute Gasteiger partial charge is 0.258 e. The number of hydrogen-bond donors (Lipinski definition) is 1. The summed E-state index contributed by atoms with van der Waals surface area (Å²) in [6, 6.07) is 19.5. The number of hydrogen-bond acceptors (Lipinski definition) is 4. The van der Waals surface area contributed by atoms with Crippen LogP contribution in [0.25, 0.3) is 0 Å². The minimum absolute atomic E-state index is 0.111. The second-order valence-corrected chi connectivity index (χ2v) is 10.5. The van der Waals surface area contributed by atoms with Crippen LogP contribution >= 0.6 is 23.2 Å². The quantitative estimate of drug-likeness (QED) is 0.292. The molecule has 4 aromatic rings. The molecule has 5 rings (SSSR count). The molecule has 1 aromatic heterocycles. The number of nitrogens with zero attached hydrogens (tertiary/aromatic N) is 4. The molecule has 194 valence electrons. The molecule has 1 aliphatic rings. The maximum Gasteiger partial charge on any atom is 0.258 e. The Bertz CT molecular complexity index is 1460. The highest BCUT2D eigenvalue weighted by atomic mass is 35.5. The molecule has 7 nitrogen and oxygen atoms in total. The van der Waals surface area contributed by atoms with E-state index in [9.17, 15) is 9.59 Å². The molecule has 1 N–H and O–H groups in total. The first kappa shape index (κ1) is 25.9. The number of nitrogens with one attached hydrogen (secondary N) is 1. The van der Waals surface area contributed by atoms with Crippen LogP contribution in [-0.2, 0) is 13.0 Å². The van der Waals surface area contributed by atoms with Crippen LogP contribution in [0.3, 0.4) is 0 Å². The molecule has 0 bridgehead atoms. The van der Waals surface area contributed by atoms with Crippen LogP contribution in [0.2, 0.25) is 10.0 Å². The van der Waals surface area contributed by atoms with Crippen molar-refractivity contribution >= 4 is 46.4 Å². The first-order valence-electron chi connectivity index (χ1n) is 12.5. The summed E-state index contributed by atoms with van der Waals surface area (Å²) in [6.07, 6.45) is 6.50. The van der Waals surface area contributed by atoms with Gasteiger partial charge in [0.15, 0.2) is 0 Å². The zero-order chi connectivity index (χ0) is 26.7. The molecule has 38 heavy (non-hydrogen) atoms. The van der Waals surface area contributed by atoms with Gasteiger partial charge in [-0.15, -0.1) is 0 Å². The lowest BCUT2D eigenvalue weighted by Gasteiger charge is -2.41. The van der Waals surface area contributed by atoms with Gasteiger partial charge in [-0.25, -0.2) is 4.98 Å². The maximum atomic E-state index is 14.1. The van der Waals surface area contributed by atoms with E-state index in [1.54, 1.807) is 59.5 Å². The van der Waals surface area contributed by atoms with Crippen LogP contribution in [0.15, 0.2) is 79.4 Å². The van der Waals surface area contributed by atoms with Crippen molar-refractivity contribution in [2.75, 3.05) is 10.2 Å². The predicted molar refractivity (Wildman–Crippen MR) is 150 cm³/mol. The Morgan fingerprint density at radius 1 is 1.05 bits per heavy atom. The lowest BCUT2D eigenvalue weighted by molar-refractivity contribution is 0.0950. The number of benzene rings is 3. The van der Waals surface area contributed by atoms with Crippen molar-refractivity contribution in [3.8, 4) is 0 Å². The number of carbonyl (C=O) groups is 2. The van der Waals surface area contributed by atoms with Crippen molar-refractivity contribution in [2.45, 2.75) is 44.7 Å². The van der Waals surface area contributed by atoms with E-state index in [4.69, 9.17) is 23.2 Å². The fourth-order valence-electron chi connectivity index (χ4n) is 5.00. The Kier molecular flexibility index (Phi) is 7.49. The second-order valence-electron chi connectivity index (χ2n) is 9.68. The lowest BCUT2D eigenvalue weighted by Crippen LogP contribution is -2.50. The van der Waals surface area contributed by atoms with E-state index in [0.717, 1.165) is 30.5 Å². The Balaban J connectivity index is 1.43. The van der Waals surface area contributed by atoms with Crippen LogP contribution in [0.1, 0.15) is 52.5 Å². The third-order valence-corrected chi connectivity index (χ3v) is 7.61. The molecule has 1 atom stereocenters. The SMILES string of the molecule is CC1(CCn2cncn2)CCCc2cc(Cl)ccc2N1C(=O)c1ccc(NC(=O)c2ccccc2Cl)cc1. The summed E-state index contributed by atoms with van der Waals surface area (Å²) in [4.78, 5) is 32.8. The van der Waals surface area contributed by atoms with Gasteiger partial charge >= 0.3 is 0 Å². The summed E-state index contributed by atoms with van der Waals surface area (Å²) in [5, 5.41) is 8.12. The zero-order valence-electron chi connectivity index (χ0n) is 20.9. The zero-order valence-corrected chi connectivity index (χ0v) is 22.4. The molecule has 0 radical (unpaired) electrons. The van der Waals surface area contributed by atoms with Crippen molar-refractivity contribution in [3.63, 3.8) is 0 Å². The number of aromatic nitrogens is 3. The number of aryl methyl sites for hydroxylation is 2. The van der Waals surface area contributed by atoms with Gasteiger partial charge in [0.1, 0.15) is 12.7 Å². The van der Waals surface area contributed by atoms with Gasteiger partial charge in [-0.1, -0.05) is 35.3 Å². The third kappa shape index (κ3) is 5.44. The maximum absolute atomic E-state index is 14.1. The van der Waals surface area contributed by atoms with Crippen molar-refractivity contribution in [1.82, 2.24) is 14.8 Å². The molecular weight excluding hydrogens is 521 g/mol. The van der Waals surface area contributed by atoms with E-state index in [1.165, 1.54) is 6.33 Å². The number of rotatable bonds is 6. The van der Waals surface area contributed by atoms with Gasteiger partial charge in [0.2, 0.25) is 0 Å². The molecule has 0 saturated heterocycles. The Hall–Kier alpha value is -3.68. The Morgan fingerprint density at radius 3 is 2.58 bits per heavy atom. The normalized spacial score (nSPS) is 17.0. The summed E-state index contributed by atoms with van der Waals surface area (Å²) < 4.78 is 1.79. The molecular formula is C29H27Cl2N5O2. The fourth-order valence-corrected chi connectivity index (χ4v) is 5.41. The lowest BCUT2D eigenvalue weighted by atomic mass is 9.89. The molecule has 3 aromatic carbocycles. The summed E-state index contributed by atoms with van der Waals surface area (Å²) in [6.45, 7) is 2.76. The Morgan fingerprint density at radius 2 is 1.84 bits per heavy atom. The van der Waals surface area contributed by atoms with Gasteiger partial charge in [-0.3, -0.25) is 14.3 Å². The Labute approximate surface area is 231 Å². The average Bonchev–Trinajstić information content (AvgIpc) is 3.38. The van der Waals surface area contributed by atoms with Crippen LogP contribution < -0.4 is 10.2 Å². The van der Waals surface area contributed by atoms with Crippen molar-refractivity contribution in [1.29, 1.82) is 0 Å². The van der Waals surface area contributed by atoms with Crippen molar-refractivity contribution < 1.29 is 9.59 Å². The molecule has 2 heterocycles. The standard InChI is InChI=1S/C29H27Cl2N5O2/c1-29(15-16-35-19-32-18-33-35)14-4-5-21-17-22(30)10-13-26(21)36(29)28(38)20-8-11-23(12-9-20)34-27(37)24-6-2-3-7-25(24)31/h2-3,6-13,17-19H,4-5,14-16H2,1H3,(H,34,37). The van der Waals surface area contributed by atoms with Gasteiger partial charge in [-0.2, -0.15) is 5.10 Å². The molecule has 9 heteroatoms. The number of carbonyl (C=O) groups excluding carboxylic acids is 2. The summed E-state index contributed by atoms with van der Waals surface area (Å²) >= 11 is 12.5. The monoisotopic (exact) mass is 547 g/mol.